The summed E-state index contributed by atoms with van der Waals surface area (Å²) in [5, 5.41) is 12.6. The van der Waals surface area contributed by atoms with Gasteiger partial charge in [0, 0.05) is 36.8 Å². The minimum atomic E-state index is -5.43. The third-order valence-corrected chi connectivity index (χ3v) is 5.44. The van der Waals surface area contributed by atoms with Gasteiger partial charge in [-0.2, -0.15) is 18.3 Å². The van der Waals surface area contributed by atoms with Crippen LogP contribution < -0.4 is 16.0 Å². The molecule has 0 aliphatic carbocycles. The van der Waals surface area contributed by atoms with Crippen LogP contribution in [-0.2, 0) is 25.6 Å². The normalized spacial score (nSPS) is 12.0. The highest BCUT2D eigenvalue weighted by atomic mass is 19.4. The fraction of sp³-hybridized carbons (Fsp3) is 0.385. The second-order valence-corrected chi connectivity index (χ2v) is 9.24. The molecule has 3 aromatic rings. The zero-order chi connectivity index (χ0) is 30.0. The van der Waals surface area contributed by atoms with Crippen molar-refractivity contribution >= 4 is 40.7 Å². The number of carbonyl (C=O) groups is 4. The lowest BCUT2D eigenvalue weighted by molar-refractivity contribution is -0.202. The molecular weight excluding hydrogens is 549 g/mol. The Morgan fingerprint density at radius 1 is 1.10 bits per heavy atom. The summed E-state index contributed by atoms with van der Waals surface area (Å²) >= 11 is 0. The Bertz CT molecular complexity index is 1360. The molecule has 2 aromatic heterocycles. The van der Waals surface area contributed by atoms with E-state index in [2.05, 4.69) is 25.5 Å². The Hall–Kier alpha value is -4.69. The third-order valence-electron chi connectivity index (χ3n) is 5.44. The summed E-state index contributed by atoms with van der Waals surface area (Å²) in [6.07, 6.45) is -2.56. The zero-order valence-electron chi connectivity index (χ0n) is 22.2. The summed E-state index contributed by atoms with van der Waals surface area (Å²) in [5.74, 6) is -4.48. The summed E-state index contributed by atoms with van der Waals surface area (Å²) < 4.78 is 48.1. The fourth-order valence-corrected chi connectivity index (χ4v) is 3.46. The van der Waals surface area contributed by atoms with Crippen LogP contribution in [0.4, 0.5) is 23.8 Å². The number of carbonyl (C=O) groups excluding carboxylic acids is 4. The number of benzene rings is 1. The van der Waals surface area contributed by atoms with Crippen LogP contribution >= 0.6 is 0 Å². The molecule has 0 aliphatic heterocycles. The molecule has 3 rings (SSSR count). The molecule has 41 heavy (non-hydrogen) atoms. The number of nitrogens with zero attached hydrogens (tertiary/aromatic N) is 3. The molecule has 3 N–H and O–H groups in total. The van der Waals surface area contributed by atoms with Crippen molar-refractivity contribution in [2.24, 2.45) is 5.92 Å². The van der Waals surface area contributed by atoms with Crippen LogP contribution in [0.1, 0.15) is 30.6 Å². The number of aromatic nitrogens is 3. The van der Waals surface area contributed by atoms with Crippen LogP contribution in [0.3, 0.4) is 0 Å². The highest BCUT2D eigenvalue weighted by Gasteiger charge is 2.43. The van der Waals surface area contributed by atoms with Gasteiger partial charge in [0.15, 0.2) is 0 Å². The van der Waals surface area contributed by atoms with Gasteiger partial charge in [-0.15, -0.1) is 0 Å². The highest BCUT2D eigenvalue weighted by Crippen LogP contribution is 2.18. The molecule has 0 spiro atoms. The third kappa shape index (κ3) is 9.47. The van der Waals surface area contributed by atoms with Crippen LogP contribution in [0.15, 0.2) is 48.8 Å². The molecule has 0 fully saturated rings. The Balaban J connectivity index is 1.60. The van der Waals surface area contributed by atoms with Gasteiger partial charge >= 0.3 is 24.2 Å². The number of anilines is 1. The van der Waals surface area contributed by atoms with Crippen LogP contribution in [0, 0.1) is 5.92 Å². The Morgan fingerprint density at radius 2 is 1.88 bits per heavy atom. The fourth-order valence-electron chi connectivity index (χ4n) is 3.46. The van der Waals surface area contributed by atoms with Gasteiger partial charge in [-0.1, -0.05) is 19.9 Å². The minimum absolute atomic E-state index is 0.0457. The lowest BCUT2D eigenvalue weighted by atomic mass is 10.1. The van der Waals surface area contributed by atoms with Crippen LogP contribution in [0.5, 0.6) is 0 Å². The van der Waals surface area contributed by atoms with E-state index in [1.54, 1.807) is 43.1 Å². The number of alkyl carbamates (subject to hydrolysis) is 1. The number of amides is 2. The van der Waals surface area contributed by atoms with E-state index in [0.717, 1.165) is 17.8 Å². The molecule has 0 saturated carbocycles. The van der Waals surface area contributed by atoms with Crippen molar-refractivity contribution in [2.75, 3.05) is 25.0 Å². The van der Waals surface area contributed by atoms with E-state index < -0.39 is 42.7 Å². The number of ether oxygens (including phenoxy) is 2. The predicted octanol–water partition coefficient (Wildman–Crippen LogP) is 3.05. The van der Waals surface area contributed by atoms with E-state index in [1.165, 1.54) is 6.07 Å². The summed E-state index contributed by atoms with van der Waals surface area (Å²) in [6, 6.07) is 8.46. The van der Waals surface area contributed by atoms with E-state index in [-0.39, 0.29) is 18.1 Å². The smallest absolute Gasteiger partial charge is 0.449 e. The van der Waals surface area contributed by atoms with Crippen LogP contribution in [-0.4, -0.2) is 70.6 Å². The number of pyridine rings is 1. The van der Waals surface area contributed by atoms with E-state index in [9.17, 15) is 32.3 Å². The van der Waals surface area contributed by atoms with E-state index >= 15 is 0 Å². The molecule has 12 nitrogen and oxygen atoms in total. The van der Waals surface area contributed by atoms with Gasteiger partial charge in [0.1, 0.15) is 11.9 Å². The largest absolute Gasteiger partial charge is 0.491 e. The monoisotopic (exact) mass is 578 g/mol. The van der Waals surface area contributed by atoms with Gasteiger partial charge in [-0.05, 0) is 42.7 Å². The predicted molar refractivity (Wildman–Crippen MR) is 140 cm³/mol. The van der Waals surface area contributed by atoms with Gasteiger partial charge in [0.05, 0.1) is 18.3 Å². The maximum Gasteiger partial charge on any atom is 0.491 e. The number of halogens is 3. The quantitative estimate of drug-likeness (QED) is 0.167. The summed E-state index contributed by atoms with van der Waals surface area (Å²) in [5.41, 5.74) is 0.927. The van der Waals surface area contributed by atoms with Crippen molar-refractivity contribution in [2.45, 2.75) is 39.0 Å². The summed E-state index contributed by atoms with van der Waals surface area (Å²) in [7, 11) is 0. The van der Waals surface area contributed by atoms with Crippen LogP contribution in [0.25, 0.3) is 10.9 Å². The van der Waals surface area contributed by atoms with Gasteiger partial charge < -0.3 is 25.4 Å². The van der Waals surface area contributed by atoms with Gasteiger partial charge in [-0.3, -0.25) is 9.48 Å². The van der Waals surface area contributed by atoms with Crippen molar-refractivity contribution in [1.29, 1.82) is 0 Å². The van der Waals surface area contributed by atoms with Crippen molar-refractivity contribution in [3.8, 4) is 0 Å². The first-order chi connectivity index (χ1) is 19.4. The summed E-state index contributed by atoms with van der Waals surface area (Å²) in [6.45, 7) is 4.01. The number of hydrogen-bond donors (Lipinski definition) is 3. The molecular formula is C26H29F3N6O6. The Morgan fingerprint density at radius 3 is 2.56 bits per heavy atom. The van der Waals surface area contributed by atoms with Gasteiger partial charge in [0.2, 0.25) is 0 Å². The van der Waals surface area contributed by atoms with E-state index in [4.69, 9.17) is 4.74 Å². The maximum absolute atomic E-state index is 12.8. The molecule has 220 valence electrons. The molecule has 1 atom stereocenters. The first-order valence-corrected chi connectivity index (χ1v) is 12.6. The highest BCUT2D eigenvalue weighted by molar-refractivity contribution is 5.98. The maximum atomic E-state index is 12.8. The first kappa shape index (κ1) is 30.8. The number of aryl methyl sites for hydroxylation is 1. The average molecular weight is 579 g/mol. The second-order valence-electron chi connectivity index (χ2n) is 9.24. The standard InChI is InChI=1S/C26H29F3N6O6/c1-16(2)15-40-25(39)34-19(23(37)41-24(38)26(27,28)29)14-32-22(36)17-7-8-20-18(12-17)13-33-35(20)11-5-10-31-21-6-3-4-9-30-21/h3-4,6-9,12-13,16,19H,5,10-11,14-15H2,1-2H3,(H,30,31)(H,32,36)(H,34,39)/t19-/m0/s1. The van der Waals surface area contributed by atoms with Crippen LogP contribution in [0.2, 0.25) is 0 Å². The molecule has 0 unspecified atom stereocenters. The van der Waals surface area contributed by atoms with E-state index in [1.807, 2.05) is 23.5 Å². The molecule has 0 bridgehead atoms. The number of esters is 2. The Labute approximate surface area is 232 Å². The SMILES string of the molecule is CC(C)COC(=O)N[C@@H](CNC(=O)c1ccc2c(cnn2CCCNc2ccccn2)c1)C(=O)OC(=O)C(F)(F)F. The molecule has 15 heteroatoms. The molecule has 0 saturated heterocycles. The molecule has 1 aromatic carbocycles. The van der Waals surface area contributed by atoms with Gasteiger partial charge in [-0.25, -0.2) is 19.4 Å². The topological polar surface area (TPSA) is 154 Å². The summed E-state index contributed by atoms with van der Waals surface area (Å²) in [4.78, 5) is 52.3. The van der Waals surface area contributed by atoms with Gasteiger partial charge in [0.25, 0.3) is 5.91 Å². The van der Waals surface area contributed by atoms with E-state index in [0.29, 0.717) is 18.5 Å². The number of fused-ring (bicyclic) bond motifs is 1. The van der Waals surface area contributed by atoms with Crippen molar-refractivity contribution in [3.05, 3.63) is 54.4 Å². The minimum Gasteiger partial charge on any atom is -0.449 e. The average Bonchev–Trinajstić information content (AvgIpc) is 3.34. The lowest BCUT2D eigenvalue weighted by Crippen LogP contribution is -2.50. The van der Waals surface area contributed by atoms with Crippen molar-refractivity contribution in [3.63, 3.8) is 0 Å². The van der Waals surface area contributed by atoms with Crippen molar-refractivity contribution < 1.29 is 41.8 Å². The van der Waals surface area contributed by atoms with Crippen molar-refractivity contribution in [1.82, 2.24) is 25.4 Å². The Kier molecular flexibility index (Phi) is 10.6. The molecule has 0 aliphatic rings. The number of rotatable bonds is 12. The second kappa shape index (κ2) is 14.1. The number of hydrogen-bond acceptors (Lipinski definition) is 9. The molecule has 0 radical (unpaired) electrons. The first-order valence-electron chi connectivity index (χ1n) is 12.6. The number of nitrogens with one attached hydrogen (secondary N) is 3. The zero-order valence-corrected chi connectivity index (χ0v) is 22.2. The molecule has 2 amide bonds. The number of alkyl halides is 3. The molecule has 2 heterocycles. The lowest BCUT2D eigenvalue weighted by Gasteiger charge is -2.18.